The molecule has 5 heteroatoms. The van der Waals surface area contributed by atoms with Gasteiger partial charge >= 0.3 is 0 Å². The van der Waals surface area contributed by atoms with Crippen molar-refractivity contribution in [2.24, 2.45) is 5.92 Å². The molecule has 2 N–H and O–H groups in total. The Morgan fingerprint density at radius 1 is 1.31 bits per heavy atom. The average Bonchev–Trinajstić information content (AvgIpc) is 3.11. The molecular formula is C21H32N4O. The smallest absolute Gasteiger partial charge is 0.0695 e. The second-order valence-electron chi connectivity index (χ2n) is 7.50. The molecule has 1 aliphatic rings. The number of ether oxygens (including phenoxy) is 1. The molecule has 0 bridgehead atoms. The molecule has 1 fully saturated rings. The van der Waals surface area contributed by atoms with Crippen molar-refractivity contribution < 1.29 is 4.74 Å². The maximum Gasteiger partial charge on any atom is 0.0695 e. The summed E-state index contributed by atoms with van der Waals surface area (Å²) in [6.07, 6.45) is 4.55. The summed E-state index contributed by atoms with van der Waals surface area (Å²) in [6.45, 7) is 10.5. The monoisotopic (exact) mass is 356 g/mol. The first-order valence-electron chi connectivity index (χ1n) is 9.69. The van der Waals surface area contributed by atoms with Crippen LogP contribution in [0.4, 0.5) is 0 Å². The minimum atomic E-state index is 0.720. The molecule has 1 aromatic carbocycles. The van der Waals surface area contributed by atoms with Crippen LogP contribution in [-0.2, 0) is 11.3 Å². The molecule has 0 saturated carbocycles. The molecule has 0 spiro atoms. The molecule has 0 aliphatic carbocycles. The van der Waals surface area contributed by atoms with Crippen molar-refractivity contribution in [2.45, 2.75) is 33.2 Å². The summed E-state index contributed by atoms with van der Waals surface area (Å²) in [5.41, 5.74) is 6.22. The summed E-state index contributed by atoms with van der Waals surface area (Å²) >= 11 is 0. The molecule has 1 aromatic heterocycles. The van der Waals surface area contributed by atoms with Crippen LogP contribution >= 0.6 is 0 Å². The molecular weight excluding hydrogens is 324 g/mol. The highest BCUT2D eigenvalue weighted by molar-refractivity contribution is 5.64. The van der Waals surface area contributed by atoms with Crippen molar-refractivity contribution in [1.29, 1.82) is 0 Å². The average molecular weight is 357 g/mol. The van der Waals surface area contributed by atoms with Gasteiger partial charge in [0.05, 0.1) is 18.5 Å². The van der Waals surface area contributed by atoms with E-state index in [1.54, 1.807) is 7.11 Å². The highest BCUT2D eigenvalue weighted by Crippen LogP contribution is 2.23. The van der Waals surface area contributed by atoms with Gasteiger partial charge in [0, 0.05) is 37.9 Å². The van der Waals surface area contributed by atoms with E-state index in [2.05, 4.69) is 52.5 Å². The standard InChI is InChI=1S/C21H32N4O/c1-16-6-7-19(11-17(16)2)21-20(14-23-24-21)13-22-12-18-5-4-8-25(15-18)9-10-26-3/h6-7,11,14,18,22H,4-5,8-10,12-13,15H2,1-3H3,(H,23,24)/t18-/m1/s1. The summed E-state index contributed by atoms with van der Waals surface area (Å²) in [7, 11) is 1.78. The zero-order chi connectivity index (χ0) is 18.4. The number of methoxy groups -OCH3 is 1. The Hall–Kier alpha value is -1.69. The third kappa shape index (κ3) is 4.93. The second kappa shape index (κ2) is 9.31. The lowest BCUT2D eigenvalue weighted by Gasteiger charge is -2.32. The van der Waals surface area contributed by atoms with Crippen molar-refractivity contribution in [3.63, 3.8) is 0 Å². The summed E-state index contributed by atoms with van der Waals surface area (Å²) < 4.78 is 5.21. The molecule has 2 aromatic rings. The van der Waals surface area contributed by atoms with Gasteiger partial charge in [0.25, 0.3) is 0 Å². The number of benzene rings is 1. The van der Waals surface area contributed by atoms with Gasteiger partial charge < -0.3 is 15.0 Å². The first kappa shape index (κ1) is 19.1. The Balaban J connectivity index is 1.53. The minimum absolute atomic E-state index is 0.720. The largest absolute Gasteiger partial charge is 0.383 e. The number of aromatic nitrogens is 2. The molecule has 0 amide bonds. The molecule has 3 rings (SSSR count). The van der Waals surface area contributed by atoms with E-state index in [9.17, 15) is 0 Å². The molecule has 0 radical (unpaired) electrons. The number of H-pyrrole nitrogens is 1. The van der Waals surface area contributed by atoms with Gasteiger partial charge in [-0.15, -0.1) is 0 Å². The van der Waals surface area contributed by atoms with Gasteiger partial charge in [-0.3, -0.25) is 5.10 Å². The number of aryl methyl sites for hydroxylation is 2. The first-order chi connectivity index (χ1) is 12.7. The van der Waals surface area contributed by atoms with Crippen LogP contribution in [0.25, 0.3) is 11.3 Å². The number of piperidine rings is 1. The first-order valence-corrected chi connectivity index (χ1v) is 9.69. The molecule has 1 aliphatic heterocycles. The fraction of sp³-hybridized carbons (Fsp3) is 0.571. The number of likely N-dealkylation sites (tertiary alicyclic amines) is 1. The number of hydrogen-bond acceptors (Lipinski definition) is 4. The molecule has 1 saturated heterocycles. The molecule has 5 nitrogen and oxygen atoms in total. The van der Waals surface area contributed by atoms with Crippen molar-refractivity contribution in [3.8, 4) is 11.3 Å². The van der Waals surface area contributed by atoms with Gasteiger partial charge in [-0.25, -0.2) is 0 Å². The van der Waals surface area contributed by atoms with E-state index in [1.165, 1.54) is 48.2 Å². The van der Waals surface area contributed by atoms with Gasteiger partial charge in [0.15, 0.2) is 0 Å². The zero-order valence-electron chi connectivity index (χ0n) is 16.3. The van der Waals surface area contributed by atoms with Crippen molar-refractivity contribution >= 4 is 0 Å². The van der Waals surface area contributed by atoms with Crippen LogP contribution in [0.2, 0.25) is 0 Å². The summed E-state index contributed by atoms with van der Waals surface area (Å²) in [5, 5.41) is 11.1. The van der Waals surface area contributed by atoms with Crippen LogP contribution in [0.5, 0.6) is 0 Å². The lowest BCUT2D eigenvalue weighted by Crippen LogP contribution is -2.40. The Morgan fingerprint density at radius 2 is 2.19 bits per heavy atom. The van der Waals surface area contributed by atoms with E-state index in [0.717, 1.165) is 37.9 Å². The van der Waals surface area contributed by atoms with Gasteiger partial charge in [-0.1, -0.05) is 12.1 Å². The third-order valence-electron chi connectivity index (χ3n) is 5.48. The van der Waals surface area contributed by atoms with E-state index in [1.807, 2.05) is 6.20 Å². The number of rotatable bonds is 8. The molecule has 2 heterocycles. The van der Waals surface area contributed by atoms with Gasteiger partial charge in [-0.05, 0) is 62.9 Å². The van der Waals surface area contributed by atoms with Crippen LogP contribution in [0.15, 0.2) is 24.4 Å². The van der Waals surface area contributed by atoms with Crippen LogP contribution in [0.1, 0.15) is 29.5 Å². The van der Waals surface area contributed by atoms with Crippen molar-refractivity contribution in [3.05, 3.63) is 41.1 Å². The lowest BCUT2D eigenvalue weighted by atomic mass is 9.98. The third-order valence-corrected chi connectivity index (χ3v) is 5.48. The Labute approximate surface area is 157 Å². The minimum Gasteiger partial charge on any atom is -0.383 e. The van der Waals surface area contributed by atoms with Crippen LogP contribution in [0, 0.1) is 19.8 Å². The fourth-order valence-corrected chi connectivity index (χ4v) is 3.74. The van der Waals surface area contributed by atoms with Crippen molar-refractivity contribution in [1.82, 2.24) is 20.4 Å². The Bertz CT molecular complexity index is 697. The topological polar surface area (TPSA) is 53.2 Å². The van der Waals surface area contributed by atoms with Gasteiger partial charge in [0.2, 0.25) is 0 Å². The SMILES string of the molecule is COCCN1CCC[C@H](CNCc2cn[nH]c2-c2ccc(C)c(C)c2)C1. The molecule has 0 unspecified atom stereocenters. The Kier molecular flexibility index (Phi) is 6.83. The normalized spacial score (nSPS) is 18.3. The number of nitrogens with one attached hydrogen (secondary N) is 2. The fourth-order valence-electron chi connectivity index (χ4n) is 3.74. The number of aromatic amines is 1. The molecule has 142 valence electrons. The zero-order valence-corrected chi connectivity index (χ0v) is 16.3. The number of nitrogens with zero attached hydrogens (tertiary/aromatic N) is 2. The summed E-state index contributed by atoms with van der Waals surface area (Å²) in [6, 6.07) is 6.59. The highest BCUT2D eigenvalue weighted by atomic mass is 16.5. The Morgan fingerprint density at radius 3 is 3.00 bits per heavy atom. The second-order valence-corrected chi connectivity index (χ2v) is 7.50. The lowest BCUT2D eigenvalue weighted by molar-refractivity contribution is 0.114. The van der Waals surface area contributed by atoms with Crippen LogP contribution < -0.4 is 5.32 Å². The van der Waals surface area contributed by atoms with Gasteiger partial charge in [0.1, 0.15) is 0 Å². The summed E-state index contributed by atoms with van der Waals surface area (Å²) in [4.78, 5) is 2.53. The predicted molar refractivity (Wildman–Crippen MR) is 106 cm³/mol. The van der Waals surface area contributed by atoms with Crippen LogP contribution in [0.3, 0.4) is 0 Å². The van der Waals surface area contributed by atoms with E-state index in [0.29, 0.717) is 0 Å². The van der Waals surface area contributed by atoms with Gasteiger partial charge in [-0.2, -0.15) is 5.10 Å². The van der Waals surface area contributed by atoms with Crippen molar-refractivity contribution in [2.75, 3.05) is 39.9 Å². The molecule has 1 atom stereocenters. The number of hydrogen-bond donors (Lipinski definition) is 2. The van der Waals surface area contributed by atoms with E-state index in [4.69, 9.17) is 4.74 Å². The molecule has 26 heavy (non-hydrogen) atoms. The maximum absolute atomic E-state index is 5.21. The quantitative estimate of drug-likeness (QED) is 0.763. The predicted octanol–water partition coefficient (Wildman–Crippen LogP) is 3.14. The van der Waals surface area contributed by atoms with E-state index in [-0.39, 0.29) is 0 Å². The highest BCUT2D eigenvalue weighted by Gasteiger charge is 2.19. The van der Waals surface area contributed by atoms with Crippen LogP contribution in [-0.4, -0.2) is 55.0 Å². The van der Waals surface area contributed by atoms with E-state index >= 15 is 0 Å². The maximum atomic E-state index is 5.21. The summed E-state index contributed by atoms with van der Waals surface area (Å²) in [5.74, 6) is 0.720. The van der Waals surface area contributed by atoms with E-state index < -0.39 is 0 Å².